The van der Waals surface area contributed by atoms with Gasteiger partial charge in [0.25, 0.3) is 5.91 Å². The summed E-state index contributed by atoms with van der Waals surface area (Å²) < 4.78 is 21.8. The van der Waals surface area contributed by atoms with E-state index in [1.54, 1.807) is 31.1 Å². The largest absolute Gasteiger partial charge is 0.455 e. The smallest absolute Gasteiger partial charge is 0.255 e. The van der Waals surface area contributed by atoms with Crippen molar-refractivity contribution in [3.63, 3.8) is 0 Å². The maximum atomic E-state index is 13.5. The molecular formula is C25H31FN2O2S. The molecule has 0 fully saturated rings. The lowest BCUT2D eigenvalue weighted by molar-refractivity contribution is 0.0964. The molecule has 0 spiro atoms. The highest BCUT2D eigenvalue weighted by Gasteiger charge is 2.25. The molecule has 0 aliphatic heterocycles. The average Bonchev–Trinajstić information content (AvgIpc) is 3.16. The molecule has 3 aromatic rings. The number of anilines is 1. The van der Waals surface area contributed by atoms with Crippen LogP contribution in [-0.2, 0) is 0 Å². The van der Waals surface area contributed by atoms with Crippen molar-refractivity contribution in [2.24, 2.45) is 0 Å². The number of halogens is 1. The Morgan fingerprint density at radius 3 is 2.52 bits per heavy atom. The average molecular weight is 443 g/mol. The Hall–Kier alpha value is -2.47. The van der Waals surface area contributed by atoms with Gasteiger partial charge in [-0.05, 0) is 54.7 Å². The zero-order valence-corrected chi connectivity index (χ0v) is 19.7. The standard InChI is InChI=1S/C25H31FN2O2S/c1-6-8-9-16(7-2)19-14-20-22(15-21(19)28(4)31-5)30-24(23(20)25(29)27-3)17-10-12-18(26)13-11-17/h10-16H,6-9H2,1-5H3,(H,27,29). The molecule has 0 aliphatic carbocycles. The molecule has 4 nitrogen and oxygen atoms in total. The maximum absolute atomic E-state index is 13.5. The summed E-state index contributed by atoms with van der Waals surface area (Å²) in [5.41, 5.74) is 4.16. The minimum atomic E-state index is -0.325. The summed E-state index contributed by atoms with van der Waals surface area (Å²) in [7, 11) is 3.66. The third kappa shape index (κ3) is 4.74. The highest BCUT2D eigenvalue weighted by atomic mass is 32.2. The van der Waals surface area contributed by atoms with Crippen molar-refractivity contribution in [2.45, 2.75) is 45.4 Å². The maximum Gasteiger partial charge on any atom is 0.255 e. The summed E-state index contributed by atoms with van der Waals surface area (Å²) in [6.07, 6.45) is 6.48. The van der Waals surface area contributed by atoms with Crippen LogP contribution in [0.3, 0.4) is 0 Å². The lowest BCUT2D eigenvalue weighted by Crippen LogP contribution is -2.18. The molecule has 166 valence electrons. The van der Waals surface area contributed by atoms with Crippen LogP contribution in [0.1, 0.15) is 61.4 Å². The van der Waals surface area contributed by atoms with E-state index in [1.807, 2.05) is 19.4 Å². The SMILES string of the molecule is CCCCC(CC)c1cc2c(C(=O)NC)c(-c3ccc(F)cc3)oc2cc1N(C)SC. The Kier molecular flexibility index (Phi) is 7.65. The van der Waals surface area contributed by atoms with E-state index in [2.05, 4.69) is 29.5 Å². The van der Waals surface area contributed by atoms with E-state index in [4.69, 9.17) is 4.42 Å². The Morgan fingerprint density at radius 2 is 1.94 bits per heavy atom. The minimum absolute atomic E-state index is 0.211. The molecule has 0 saturated heterocycles. The lowest BCUT2D eigenvalue weighted by atomic mass is 9.88. The Labute approximate surface area is 188 Å². The molecule has 1 N–H and O–H groups in total. The van der Waals surface area contributed by atoms with Gasteiger partial charge in [0.05, 0.1) is 11.3 Å². The highest BCUT2D eigenvalue weighted by molar-refractivity contribution is 7.99. The summed E-state index contributed by atoms with van der Waals surface area (Å²) in [5, 5.41) is 3.53. The number of nitrogens with zero attached hydrogens (tertiary/aromatic N) is 1. The number of fused-ring (bicyclic) bond motifs is 1. The lowest BCUT2D eigenvalue weighted by Gasteiger charge is -2.24. The van der Waals surface area contributed by atoms with Gasteiger partial charge in [-0.3, -0.25) is 4.79 Å². The van der Waals surface area contributed by atoms with Gasteiger partial charge in [0.1, 0.15) is 17.2 Å². The van der Waals surface area contributed by atoms with Gasteiger partial charge in [-0.1, -0.05) is 38.6 Å². The van der Waals surface area contributed by atoms with Crippen molar-refractivity contribution in [3.05, 3.63) is 53.3 Å². The first-order chi connectivity index (χ1) is 14.9. The number of rotatable bonds is 9. The van der Waals surface area contributed by atoms with E-state index in [0.29, 0.717) is 28.4 Å². The molecule has 2 aromatic carbocycles. The first-order valence-corrected chi connectivity index (χ1v) is 12.0. The van der Waals surface area contributed by atoms with Crippen LogP contribution in [0, 0.1) is 5.82 Å². The van der Waals surface area contributed by atoms with E-state index >= 15 is 0 Å². The third-order valence-corrected chi connectivity index (χ3v) is 6.59. The minimum Gasteiger partial charge on any atom is -0.455 e. The van der Waals surface area contributed by atoms with Crippen molar-refractivity contribution in [1.82, 2.24) is 5.32 Å². The monoisotopic (exact) mass is 442 g/mol. The van der Waals surface area contributed by atoms with Crippen LogP contribution in [-0.4, -0.2) is 26.3 Å². The van der Waals surface area contributed by atoms with Crippen LogP contribution in [0.25, 0.3) is 22.3 Å². The van der Waals surface area contributed by atoms with Gasteiger partial charge in [0, 0.05) is 37.4 Å². The summed E-state index contributed by atoms with van der Waals surface area (Å²) in [6.45, 7) is 4.42. The summed E-state index contributed by atoms with van der Waals surface area (Å²) in [5.74, 6) is 0.326. The fraction of sp³-hybridized carbons (Fsp3) is 0.400. The van der Waals surface area contributed by atoms with E-state index in [0.717, 1.165) is 36.8 Å². The predicted octanol–water partition coefficient (Wildman–Crippen LogP) is 7.00. The molecule has 0 saturated carbocycles. The van der Waals surface area contributed by atoms with Crippen molar-refractivity contribution < 1.29 is 13.6 Å². The molecule has 1 amide bonds. The van der Waals surface area contributed by atoms with E-state index in [1.165, 1.54) is 17.7 Å². The first kappa shape index (κ1) is 23.2. The topological polar surface area (TPSA) is 45.5 Å². The van der Waals surface area contributed by atoms with Crippen molar-refractivity contribution >= 4 is 34.5 Å². The molecule has 1 aromatic heterocycles. The second-order valence-electron chi connectivity index (χ2n) is 7.73. The first-order valence-electron chi connectivity index (χ1n) is 10.8. The molecule has 0 radical (unpaired) electrons. The second kappa shape index (κ2) is 10.2. The van der Waals surface area contributed by atoms with Crippen molar-refractivity contribution in [1.29, 1.82) is 0 Å². The normalized spacial score (nSPS) is 12.2. The number of amides is 1. The number of hydrogen-bond acceptors (Lipinski definition) is 4. The third-order valence-electron chi connectivity index (χ3n) is 5.85. The van der Waals surface area contributed by atoms with Gasteiger partial charge in [0.15, 0.2) is 0 Å². The van der Waals surface area contributed by atoms with E-state index < -0.39 is 0 Å². The summed E-state index contributed by atoms with van der Waals surface area (Å²) in [4.78, 5) is 12.9. The van der Waals surface area contributed by atoms with Gasteiger partial charge in [-0.15, -0.1) is 0 Å². The van der Waals surface area contributed by atoms with Crippen LogP contribution in [0.4, 0.5) is 10.1 Å². The molecule has 0 bridgehead atoms. The number of hydrogen-bond donors (Lipinski definition) is 1. The molecular weight excluding hydrogens is 411 g/mol. The summed E-state index contributed by atoms with van der Waals surface area (Å²) in [6, 6.07) is 10.2. The highest BCUT2D eigenvalue weighted by Crippen LogP contribution is 2.42. The molecule has 1 heterocycles. The summed E-state index contributed by atoms with van der Waals surface area (Å²) >= 11 is 1.64. The van der Waals surface area contributed by atoms with Gasteiger partial charge in [0.2, 0.25) is 0 Å². The molecule has 0 aliphatic rings. The number of unbranched alkanes of at least 4 members (excludes halogenated alkanes) is 1. The van der Waals surface area contributed by atoms with Crippen LogP contribution in [0.2, 0.25) is 0 Å². The van der Waals surface area contributed by atoms with Gasteiger partial charge >= 0.3 is 0 Å². The van der Waals surface area contributed by atoms with Gasteiger partial charge in [-0.2, -0.15) is 0 Å². The fourth-order valence-corrected chi connectivity index (χ4v) is 4.39. The number of carbonyl (C=O) groups excluding carboxylic acids is 1. The van der Waals surface area contributed by atoms with Crippen molar-refractivity contribution in [3.8, 4) is 11.3 Å². The number of nitrogens with one attached hydrogen (secondary N) is 1. The molecule has 6 heteroatoms. The van der Waals surface area contributed by atoms with Crippen LogP contribution in [0.5, 0.6) is 0 Å². The van der Waals surface area contributed by atoms with Crippen LogP contribution < -0.4 is 9.62 Å². The Bertz CT molecular complexity index is 1050. The molecule has 31 heavy (non-hydrogen) atoms. The zero-order valence-electron chi connectivity index (χ0n) is 18.9. The number of benzene rings is 2. The van der Waals surface area contributed by atoms with Crippen LogP contribution >= 0.6 is 11.9 Å². The molecule has 1 atom stereocenters. The quantitative estimate of drug-likeness (QED) is 0.363. The fourth-order valence-electron chi connectivity index (χ4n) is 4.03. The second-order valence-corrected chi connectivity index (χ2v) is 8.64. The predicted molar refractivity (Wildman–Crippen MR) is 129 cm³/mol. The Morgan fingerprint density at radius 1 is 1.23 bits per heavy atom. The van der Waals surface area contributed by atoms with E-state index in [-0.39, 0.29) is 11.7 Å². The van der Waals surface area contributed by atoms with E-state index in [9.17, 15) is 9.18 Å². The number of carbonyl (C=O) groups is 1. The zero-order chi connectivity index (χ0) is 22.5. The van der Waals surface area contributed by atoms with Crippen LogP contribution in [0.15, 0.2) is 40.8 Å². The molecule has 3 rings (SSSR count). The number of furan rings is 1. The van der Waals surface area contributed by atoms with Gasteiger partial charge in [-0.25, -0.2) is 4.39 Å². The molecule has 1 unspecified atom stereocenters. The van der Waals surface area contributed by atoms with Gasteiger partial charge < -0.3 is 14.0 Å². The van der Waals surface area contributed by atoms with Crippen molar-refractivity contribution in [2.75, 3.05) is 24.7 Å². The Balaban J connectivity index is 2.29.